The molecule has 1 rings (SSSR count). The molecule has 0 radical (unpaired) electrons. The van der Waals surface area contributed by atoms with E-state index in [4.69, 9.17) is 5.11 Å². The van der Waals surface area contributed by atoms with Crippen LogP contribution in [0.1, 0.15) is 24.9 Å². The minimum absolute atomic E-state index is 0.236. The fraction of sp³-hybridized carbons (Fsp3) is 0.600. The van der Waals surface area contributed by atoms with Crippen LogP contribution in [0.25, 0.3) is 0 Å². The van der Waals surface area contributed by atoms with Crippen molar-refractivity contribution >= 4 is 17.4 Å². The number of rotatable bonds is 8. The monoisotopic (exact) mass is 282 g/mol. The van der Waals surface area contributed by atoms with Crippen molar-refractivity contribution in [1.82, 2.24) is 5.32 Å². The van der Waals surface area contributed by atoms with Crippen molar-refractivity contribution in [2.24, 2.45) is 0 Å². The molecule has 0 aliphatic carbocycles. The van der Waals surface area contributed by atoms with Gasteiger partial charge in [0, 0.05) is 44.2 Å². The first kappa shape index (κ1) is 16.3. The van der Waals surface area contributed by atoms with Crippen LogP contribution >= 0.6 is 11.8 Å². The van der Waals surface area contributed by atoms with Crippen molar-refractivity contribution in [2.75, 3.05) is 37.6 Å². The Morgan fingerprint density at radius 2 is 2.00 bits per heavy atom. The third-order valence-electron chi connectivity index (χ3n) is 3.22. The third-order valence-corrected chi connectivity index (χ3v) is 3.95. The van der Waals surface area contributed by atoms with Crippen LogP contribution in [0, 0.1) is 0 Å². The summed E-state index contributed by atoms with van der Waals surface area (Å²) in [6.07, 6.45) is 2.90. The first-order chi connectivity index (χ1) is 9.10. The van der Waals surface area contributed by atoms with Crippen LogP contribution in [-0.4, -0.2) is 43.9 Å². The number of anilines is 1. The number of nitrogens with one attached hydrogen (secondary N) is 1. The van der Waals surface area contributed by atoms with E-state index in [2.05, 4.69) is 61.8 Å². The molecule has 4 heteroatoms. The van der Waals surface area contributed by atoms with Gasteiger partial charge in [-0.2, -0.15) is 11.8 Å². The Labute approximate surface area is 121 Å². The topological polar surface area (TPSA) is 35.5 Å². The average molecular weight is 282 g/mol. The molecule has 19 heavy (non-hydrogen) atoms. The SMILES string of the molecule is CSCC(CCO)NC(C)c1ccccc1N(C)C. The molecular weight excluding hydrogens is 256 g/mol. The molecule has 0 bridgehead atoms. The summed E-state index contributed by atoms with van der Waals surface area (Å²) in [5.41, 5.74) is 2.55. The van der Waals surface area contributed by atoms with Gasteiger partial charge in [-0.05, 0) is 31.2 Å². The summed E-state index contributed by atoms with van der Waals surface area (Å²) in [6.45, 7) is 2.42. The van der Waals surface area contributed by atoms with Crippen molar-refractivity contribution in [3.8, 4) is 0 Å². The Kier molecular flexibility index (Phi) is 7.28. The predicted octanol–water partition coefficient (Wildman–Crippen LogP) is 2.52. The first-order valence-corrected chi connectivity index (χ1v) is 8.11. The van der Waals surface area contributed by atoms with Crippen LogP contribution in [0.2, 0.25) is 0 Å². The van der Waals surface area contributed by atoms with Gasteiger partial charge in [0.1, 0.15) is 0 Å². The Morgan fingerprint density at radius 3 is 2.58 bits per heavy atom. The van der Waals surface area contributed by atoms with Crippen LogP contribution in [0.5, 0.6) is 0 Å². The van der Waals surface area contributed by atoms with Gasteiger partial charge in [-0.25, -0.2) is 0 Å². The molecule has 0 aromatic heterocycles. The van der Waals surface area contributed by atoms with Crippen molar-refractivity contribution in [2.45, 2.75) is 25.4 Å². The lowest BCUT2D eigenvalue weighted by molar-refractivity contribution is 0.266. The lowest BCUT2D eigenvalue weighted by Gasteiger charge is -2.26. The summed E-state index contributed by atoms with van der Waals surface area (Å²) >= 11 is 1.81. The molecule has 0 spiro atoms. The molecule has 0 fully saturated rings. The van der Waals surface area contributed by atoms with Crippen molar-refractivity contribution in [1.29, 1.82) is 0 Å². The molecule has 0 saturated carbocycles. The Balaban J connectivity index is 2.78. The zero-order chi connectivity index (χ0) is 14.3. The van der Waals surface area contributed by atoms with Crippen LogP contribution in [0.3, 0.4) is 0 Å². The number of benzene rings is 1. The van der Waals surface area contributed by atoms with E-state index >= 15 is 0 Å². The van der Waals surface area contributed by atoms with Crippen molar-refractivity contribution in [3.05, 3.63) is 29.8 Å². The van der Waals surface area contributed by atoms with E-state index in [-0.39, 0.29) is 12.6 Å². The zero-order valence-electron chi connectivity index (χ0n) is 12.4. The molecule has 0 aliphatic rings. The highest BCUT2D eigenvalue weighted by Gasteiger charge is 2.15. The number of aliphatic hydroxyl groups excluding tert-OH is 1. The highest BCUT2D eigenvalue weighted by molar-refractivity contribution is 7.98. The van der Waals surface area contributed by atoms with E-state index in [1.54, 1.807) is 0 Å². The molecule has 0 amide bonds. The normalized spacial score (nSPS) is 14.2. The van der Waals surface area contributed by atoms with E-state index in [0.717, 1.165) is 12.2 Å². The first-order valence-electron chi connectivity index (χ1n) is 6.72. The second-order valence-electron chi connectivity index (χ2n) is 5.01. The van der Waals surface area contributed by atoms with Crippen molar-refractivity contribution < 1.29 is 5.11 Å². The van der Waals surface area contributed by atoms with E-state index < -0.39 is 0 Å². The quantitative estimate of drug-likeness (QED) is 0.768. The van der Waals surface area contributed by atoms with Gasteiger partial charge in [0.05, 0.1) is 0 Å². The maximum absolute atomic E-state index is 9.13. The van der Waals surface area contributed by atoms with Gasteiger partial charge in [-0.15, -0.1) is 0 Å². The van der Waals surface area contributed by atoms with E-state index in [1.807, 2.05) is 11.8 Å². The minimum atomic E-state index is 0.236. The maximum atomic E-state index is 9.13. The molecule has 108 valence electrons. The fourth-order valence-electron chi connectivity index (χ4n) is 2.28. The lowest BCUT2D eigenvalue weighted by atomic mass is 10.0. The van der Waals surface area contributed by atoms with E-state index in [9.17, 15) is 0 Å². The number of nitrogens with zero attached hydrogens (tertiary/aromatic N) is 1. The summed E-state index contributed by atoms with van der Waals surface area (Å²) in [5.74, 6) is 1.02. The highest BCUT2D eigenvalue weighted by Crippen LogP contribution is 2.25. The third kappa shape index (κ3) is 5.05. The van der Waals surface area contributed by atoms with E-state index in [1.165, 1.54) is 11.3 Å². The minimum Gasteiger partial charge on any atom is -0.396 e. The maximum Gasteiger partial charge on any atom is 0.0446 e. The fourth-order valence-corrected chi connectivity index (χ4v) is 2.94. The predicted molar refractivity (Wildman–Crippen MR) is 86.2 cm³/mol. The Hall–Kier alpha value is -0.710. The van der Waals surface area contributed by atoms with Crippen LogP contribution in [0.15, 0.2) is 24.3 Å². The number of para-hydroxylation sites is 1. The summed E-state index contributed by atoms with van der Waals surface area (Å²) in [5, 5.41) is 12.8. The molecular formula is C15H26N2OS. The zero-order valence-corrected chi connectivity index (χ0v) is 13.2. The number of thioether (sulfide) groups is 1. The molecule has 0 heterocycles. The van der Waals surface area contributed by atoms with Gasteiger partial charge in [-0.3, -0.25) is 0 Å². The number of hydrogen-bond donors (Lipinski definition) is 2. The van der Waals surface area contributed by atoms with Crippen LogP contribution in [-0.2, 0) is 0 Å². The second kappa shape index (κ2) is 8.46. The summed E-state index contributed by atoms with van der Waals surface area (Å²) < 4.78 is 0. The van der Waals surface area contributed by atoms with Crippen LogP contribution in [0.4, 0.5) is 5.69 Å². The van der Waals surface area contributed by atoms with Gasteiger partial charge < -0.3 is 15.3 Å². The molecule has 0 aliphatic heterocycles. The van der Waals surface area contributed by atoms with Gasteiger partial charge in [-0.1, -0.05) is 18.2 Å². The second-order valence-corrected chi connectivity index (χ2v) is 5.92. The summed E-state index contributed by atoms with van der Waals surface area (Å²) in [7, 11) is 4.14. The molecule has 2 unspecified atom stereocenters. The Morgan fingerprint density at radius 1 is 1.32 bits per heavy atom. The lowest BCUT2D eigenvalue weighted by Crippen LogP contribution is -2.35. The van der Waals surface area contributed by atoms with Gasteiger partial charge in [0.15, 0.2) is 0 Å². The van der Waals surface area contributed by atoms with Crippen molar-refractivity contribution in [3.63, 3.8) is 0 Å². The summed E-state index contributed by atoms with van der Waals surface area (Å²) in [6, 6.07) is 9.09. The summed E-state index contributed by atoms with van der Waals surface area (Å²) in [4.78, 5) is 2.14. The molecule has 1 aromatic carbocycles. The molecule has 2 N–H and O–H groups in total. The molecule has 1 aromatic rings. The number of hydrogen-bond acceptors (Lipinski definition) is 4. The average Bonchev–Trinajstić information content (AvgIpc) is 2.39. The van der Waals surface area contributed by atoms with Crippen LogP contribution < -0.4 is 10.2 Å². The molecule has 3 nitrogen and oxygen atoms in total. The highest BCUT2D eigenvalue weighted by atomic mass is 32.2. The smallest absolute Gasteiger partial charge is 0.0446 e. The standard InChI is InChI=1S/C15H26N2OS/c1-12(16-13(9-10-18)11-19-4)14-7-5-6-8-15(14)17(2)3/h5-8,12-13,16,18H,9-11H2,1-4H3. The largest absolute Gasteiger partial charge is 0.396 e. The Bertz CT molecular complexity index is 365. The molecule has 0 saturated heterocycles. The number of aliphatic hydroxyl groups is 1. The van der Waals surface area contributed by atoms with Gasteiger partial charge in [0.25, 0.3) is 0 Å². The van der Waals surface area contributed by atoms with Gasteiger partial charge in [0.2, 0.25) is 0 Å². The van der Waals surface area contributed by atoms with Gasteiger partial charge >= 0.3 is 0 Å². The van der Waals surface area contributed by atoms with E-state index in [0.29, 0.717) is 6.04 Å². The molecule has 2 atom stereocenters.